The van der Waals surface area contributed by atoms with Crippen LogP contribution in [0, 0.1) is 0 Å². The molecule has 2 N–H and O–H groups in total. The molecule has 0 aliphatic carbocycles. The van der Waals surface area contributed by atoms with Crippen LogP contribution in [0.15, 0.2) is 46.9 Å². The highest BCUT2D eigenvalue weighted by Crippen LogP contribution is 2.08. The maximum absolute atomic E-state index is 11.9. The van der Waals surface area contributed by atoms with Crippen molar-refractivity contribution in [1.82, 2.24) is 5.32 Å². The summed E-state index contributed by atoms with van der Waals surface area (Å²) in [6.07, 6.45) is -0.617. The van der Waals surface area contributed by atoms with Crippen LogP contribution in [0.3, 0.4) is 0 Å². The fourth-order valence-corrected chi connectivity index (χ4v) is 1.78. The summed E-state index contributed by atoms with van der Waals surface area (Å²) in [6, 6.07) is 12.4. The van der Waals surface area contributed by atoms with Crippen molar-refractivity contribution in [1.29, 1.82) is 0 Å². The van der Waals surface area contributed by atoms with Gasteiger partial charge in [-0.25, -0.2) is 4.79 Å². The minimum absolute atomic E-state index is 0.116. The Morgan fingerprint density at radius 1 is 1.23 bits per heavy atom. The van der Waals surface area contributed by atoms with Crippen LogP contribution in [0.5, 0.6) is 0 Å². The molecule has 0 spiro atoms. The smallest absolute Gasteiger partial charge is 0.371 e. The molecular formula is C16H17NO5. The van der Waals surface area contributed by atoms with Crippen molar-refractivity contribution in [3.05, 3.63) is 59.5 Å². The number of ether oxygens (including phenoxy) is 1. The van der Waals surface area contributed by atoms with Gasteiger partial charge in [0.05, 0.1) is 13.2 Å². The van der Waals surface area contributed by atoms with E-state index in [9.17, 15) is 9.59 Å². The van der Waals surface area contributed by atoms with Crippen molar-refractivity contribution < 1.29 is 23.8 Å². The second-order valence-electron chi connectivity index (χ2n) is 4.73. The second kappa shape index (κ2) is 7.42. The summed E-state index contributed by atoms with van der Waals surface area (Å²) in [5, 5.41) is 11.4. The van der Waals surface area contributed by atoms with Crippen LogP contribution in [0.1, 0.15) is 28.8 Å². The number of carbonyl (C=O) groups excluding carboxylic acids is 1. The number of carboxylic acid groups (broad SMARTS) is 1. The third-order valence-corrected chi connectivity index (χ3v) is 3.02. The van der Waals surface area contributed by atoms with E-state index in [0.29, 0.717) is 12.4 Å². The Balaban J connectivity index is 1.77. The highest BCUT2D eigenvalue weighted by molar-refractivity contribution is 5.84. The van der Waals surface area contributed by atoms with E-state index in [-0.39, 0.29) is 18.2 Å². The van der Waals surface area contributed by atoms with Gasteiger partial charge in [-0.15, -0.1) is 0 Å². The molecule has 1 unspecified atom stereocenters. The molecule has 116 valence electrons. The third kappa shape index (κ3) is 4.46. The first-order chi connectivity index (χ1) is 10.6. The molecule has 1 atom stereocenters. The van der Waals surface area contributed by atoms with E-state index in [0.717, 1.165) is 5.56 Å². The van der Waals surface area contributed by atoms with Crippen LogP contribution in [-0.4, -0.2) is 23.1 Å². The zero-order valence-electron chi connectivity index (χ0n) is 12.1. The van der Waals surface area contributed by atoms with E-state index in [1.807, 2.05) is 30.3 Å². The van der Waals surface area contributed by atoms with Crippen LogP contribution >= 0.6 is 0 Å². The molecule has 1 aromatic heterocycles. The number of hydrogen-bond donors (Lipinski definition) is 2. The summed E-state index contributed by atoms with van der Waals surface area (Å²) in [6.45, 7) is 2.12. The lowest BCUT2D eigenvalue weighted by Crippen LogP contribution is -2.33. The molecule has 2 aromatic rings. The summed E-state index contributed by atoms with van der Waals surface area (Å²) in [5.41, 5.74) is 0.985. The number of benzene rings is 1. The summed E-state index contributed by atoms with van der Waals surface area (Å²) < 4.78 is 10.5. The Morgan fingerprint density at radius 2 is 1.95 bits per heavy atom. The lowest BCUT2D eigenvalue weighted by Gasteiger charge is -2.12. The first-order valence-corrected chi connectivity index (χ1v) is 6.81. The summed E-state index contributed by atoms with van der Waals surface area (Å²) in [5.74, 6) is -1.21. The monoisotopic (exact) mass is 303 g/mol. The van der Waals surface area contributed by atoms with Crippen molar-refractivity contribution in [3.8, 4) is 0 Å². The number of carboxylic acids is 1. The van der Waals surface area contributed by atoms with Gasteiger partial charge in [-0.05, 0) is 24.6 Å². The van der Waals surface area contributed by atoms with Gasteiger partial charge in [0.25, 0.3) is 0 Å². The van der Waals surface area contributed by atoms with E-state index in [1.54, 1.807) is 6.92 Å². The Bertz CT molecular complexity index is 635. The van der Waals surface area contributed by atoms with Gasteiger partial charge < -0.3 is 19.6 Å². The van der Waals surface area contributed by atoms with Crippen LogP contribution in [0.4, 0.5) is 0 Å². The van der Waals surface area contributed by atoms with Gasteiger partial charge in [-0.1, -0.05) is 30.3 Å². The van der Waals surface area contributed by atoms with Crippen LogP contribution in [-0.2, 0) is 22.7 Å². The molecule has 0 aliphatic rings. The maximum atomic E-state index is 11.9. The molecule has 0 saturated carbocycles. The molecule has 2 rings (SSSR count). The normalized spacial score (nSPS) is 11.9. The minimum Gasteiger partial charge on any atom is -0.475 e. The quantitative estimate of drug-likeness (QED) is 0.818. The van der Waals surface area contributed by atoms with Gasteiger partial charge in [0, 0.05) is 0 Å². The van der Waals surface area contributed by atoms with Crippen LogP contribution < -0.4 is 5.32 Å². The number of nitrogens with one attached hydrogen (secondary N) is 1. The maximum Gasteiger partial charge on any atom is 0.371 e. The molecule has 1 aromatic carbocycles. The third-order valence-electron chi connectivity index (χ3n) is 3.02. The highest BCUT2D eigenvalue weighted by atomic mass is 16.5. The van der Waals surface area contributed by atoms with E-state index >= 15 is 0 Å². The summed E-state index contributed by atoms with van der Waals surface area (Å²) in [7, 11) is 0. The average molecular weight is 303 g/mol. The van der Waals surface area contributed by atoms with Crippen LogP contribution in [0.25, 0.3) is 0 Å². The minimum atomic E-state index is -1.14. The van der Waals surface area contributed by atoms with Gasteiger partial charge in [0.2, 0.25) is 11.7 Å². The molecule has 1 heterocycles. The Hall–Kier alpha value is -2.60. The highest BCUT2D eigenvalue weighted by Gasteiger charge is 2.14. The predicted molar refractivity (Wildman–Crippen MR) is 78.2 cm³/mol. The van der Waals surface area contributed by atoms with Crippen LogP contribution in [0.2, 0.25) is 0 Å². The first kappa shape index (κ1) is 15.8. The lowest BCUT2D eigenvalue weighted by molar-refractivity contribution is -0.132. The van der Waals surface area contributed by atoms with E-state index in [4.69, 9.17) is 14.3 Å². The van der Waals surface area contributed by atoms with E-state index < -0.39 is 12.1 Å². The predicted octanol–water partition coefficient (Wildman–Crippen LogP) is 2.20. The summed E-state index contributed by atoms with van der Waals surface area (Å²) in [4.78, 5) is 22.6. The zero-order valence-corrected chi connectivity index (χ0v) is 12.1. The zero-order chi connectivity index (χ0) is 15.9. The number of carbonyl (C=O) groups is 2. The number of rotatable bonds is 7. The van der Waals surface area contributed by atoms with Crippen molar-refractivity contribution in [2.75, 3.05) is 0 Å². The standard InChI is InChI=1S/C16H17NO5/c1-11(21-10-12-5-3-2-4-6-12)15(18)17-9-13-7-8-14(22-13)16(19)20/h2-8,11H,9-10H2,1H3,(H,17,18)(H,19,20). The molecule has 0 bridgehead atoms. The average Bonchev–Trinajstić information content (AvgIpc) is 3.00. The fraction of sp³-hybridized carbons (Fsp3) is 0.250. The molecule has 0 fully saturated rings. The number of aromatic carboxylic acids is 1. The SMILES string of the molecule is CC(OCc1ccccc1)C(=O)NCc1ccc(C(=O)O)o1. The lowest BCUT2D eigenvalue weighted by atomic mass is 10.2. The molecule has 0 aliphatic heterocycles. The van der Waals surface area contributed by atoms with Crippen molar-refractivity contribution in [2.45, 2.75) is 26.2 Å². The fourth-order valence-electron chi connectivity index (χ4n) is 1.78. The van der Waals surface area contributed by atoms with Crippen molar-refractivity contribution in [3.63, 3.8) is 0 Å². The van der Waals surface area contributed by atoms with Gasteiger partial charge in [0.1, 0.15) is 11.9 Å². The van der Waals surface area contributed by atoms with E-state index in [1.165, 1.54) is 12.1 Å². The van der Waals surface area contributed by atoms with Gasteiger partial charge in [-0.3, -0.25) is 4.79 Å². The molecule has 22 heavy (non-hydrogen) atoms. The Kier molecular flexibility index (Phi) is 5.32. The van der Waals surface area contributed by atoms with Crippen molar-refractivity contribution >= 4 is 11.9 Å². The van der Waals surface area contributed by atoms with Gasteiger partial charge in [0.15, 0.2) is 0 Å². The Labute approximate surface area is 127 Å². The molecular weight excluding hydrogens is 286 g/mol. The number of hydrogen-bond acceptors (Lipinski definition) is 4. The first-order valence-electron chi connectivity index (χ1n) is 6.81. The largest absolute Gasteiger partial charge is 0.475 e. The Morgan fingerprint density at radius 3 is 2.59 bits per heavy atom. The van der Waals surface area contributed by atoms with Crippen molar-refractivity contribution in [2.24, 2.45) is 0 Å². The molecule has 6 heteroatoms. The van der Waals surface area contributed by atoms with E-state index in [2.05, 4.69) is 5.32 Å². The molecule has 6 nitrogen and oxygen atoms in total. The summed E-state index contributed by atoms with van der Waals surface area (Å²) >= 11 is 0. The van der Waals surface area contributed by atoms with Gasteiger partial charge in [-0.2, -0.15) is 0 Å². The number of amides is 1. The second-order valence-corrected chi connectivity index (χ2v) is 4.73. The van der Waals surface area contributed by atoms with Gasteiger partial charge >= 0.3 is 5.97 Å². The molecule has 0 saturated heterocycles. The molecule has 0 radical (unpaired) electrons. The topological polar surface area (TPSA) is 88.8 Å². The molecule has 1 amide bonds. The number of furan rings is 1.